The van der Waals surface area contributed by atoms with Gasteiger partial charge in [0.2, 0.25) is 5.91 Å². The van der Waals surface area contributed by atoms with Crippen LogP contribution in [0.1, 0.15) is 31.9 Å². The van der Waals surface area contributed by atoms with Crippen molar-refractivity contribution < 1.29 is 24.2 Å². The summed E-state index contributed by atoms with van der Waals surface area (Å²) in [5, 5.41) is 21.1. The maximum absolute atomic E-state index is 13.0. The highest BCUT2D eigenvalue weighted by molar-refractivity contribution is 5.78. The molecule has 0 aliphatic carbocycles. The first kappa shape index (κ1) is 16.1. The number of rotatable bonds is 6. The maximum Gasteiger partial charge on any atom is 0.308 e. The number of halogens is 1. The SMILES string of the molecule is CC(NC(=O)CC(O)c1cccc(F)c1)C(C)C(=O)O. The molecule has 0 aliphatic heterocycles. The summed E-state index contributed by atoms with van der Waals surface area (Å²) in [7, 11) is 0. The fourth-order valence-electron chi connectivity index (χ4n) is 1.66. The number of aliphatic carboxylic acids is 1. The van der Waals surface area contributed by atoms with Crippen molar-refractivity contribution in [1.29, 1.82) is 0 Å². The van der Waals surface area contributed by atoms with E-state index in [9.17, 15) is 19.1 Å². The summed E-state index contributed by atoms with van der Waals surface area (Å²) < 4.78 is 13.0. The van der Waals surface area contributed by atoms with E-state index in [1.54, 1.807) is 6.92 Å². The monoisotopic (exact) mass is 283 g/mol. The Kier molecular flexibility index (Phi) is 5.64. The Morgan fingerprint density at radius 3 is 2.55 bits per heavy atom. The first-order valence-corrected chi connectivity index (χ1v) is 6.27. The maximum atomic E-state index is 13.0. The number of carbonyl (C=O) groups is 2. The number of aliphatic hydroxyl groups excluding tert-OH is 1. The topological polar surface area (TPSA) is 86.6 Å². The van der Waals surface area contributed by atoms with Gasteiger partial charge in [-0.25, -0.2) is 4.39 Å². The van der Waals surface area contributed by atoms with E-state index >= 15 is 0 Å². The zero-order valence-corrected chi connectivity index (χ0v) is 11.3. The van der Waals surface area contributed by atoms with Crippen LogP contribution in [0.5, 0.6) is 0 Å². The lowest BCUT2D eigenvalue weighted by atomic mass is 10.0. The minimum Gasteiger partial charge on any atom is -0.481 e. The van der Waals surface area contributed by atoms with Crippen LogP contribution >= 0.6 is 0 Å². The predicted octanol–water partition coefficient (Wildman–Crippen LogP) is 1.47. The van der Waals surface area contributed by atoms with E-state index in [-0.39, 0.29) is 6.42 Å². The average molecular weight is 283 g/mol. The third-order valence-corrected chi connectivity index (χ3v) is 3.14. The highest BCUT2D eigenvalue weighted by Crippen LogP contribution is 2.17. The van der Waals surface area contributed by atoms with Gasteiger partial charge >= 0.3 is 5.97 Å². The number of amides is 1. The number of carboxylic acid groups (broad SMARTS) is 1. The first-order valence-electron chi connectivity index (χ1n) is 6.27. The van der Waals surface area contributed by atoms with Crippen LogP contribution in [0.3, 0.4) is 0 Å². The molecule has 0 spiro atoms. The zero-order chi connectivity index (χ0) is 15.3. The highest BCUT2D eigenvalue weighted by atomic mass is 19.1. The molecule has 0 saturated heterocycles. The molecule has 1 amide bonds. The standard InChI is InChI=1S/C14H18FNO4/c1-8(14(19)20)9(2)16-13(18)7-12(17)10-4-3-5-11(15)6-10/h3-6,8-9,12,17H,7H2,1-2H3,(H,16,18)(H,19,20). The van der Waals surface area contributed by atoms with Crippen molar-refractivity contribution in [2.75, 3.05) is 0 Å². The summed E-state index contributed by atoms with van der Waals surface area (Å²) in [5.41, 5.74) is 0.305. The van der Waals surface area contributed by atoms with Crippen LogP contribution in [0, 0.1) is 11.7 Å². The van der Waals surface area contributed by atoms with Crippen molar-refractivity contribution in [2.24, 2.45) is 5.92 Å². The third kappa shape index (κ3) is 4.62. The third-order valence-electron chi connectivity index (χ3n) is 3.14. The molecule has 5 nitrogen and oxygen atoms in total. The van der Waals surface area contributed by atoms with Crippen molar-refractivity contribution in [3.8, 4) is 0 Å². The van der Waals surface area contributed by atoms with Gasteiger partial charge in [-0.05, 0) is 31.5 Å². The number of hydrogen-bond acceptors (Lipinski definition) is 3. The fourth-order valence-corrected chi connectivity index (χ4v) is 1.66. The van der Waals surface area contributed by atoms with Gasteiger partial charge in [0.05, 0.1) is 18.4 Å². The summed E-state index contributed by atoms with van der Waals surface area (Å²) in [6.07, 6.45) is -1.38. The minimum absolute atomic E-state index is 0.250. The molecule has 3 N–H and O–H groups in total. The number of aliphatic hydroxyl groups is 1. The van der Waals surface area contributed by atoms with Gasteiger partial charge in [-0.1, -0.05) is 12.1 Å². The van der Waals surface area contributed by atoms with Crippen LogP contribution < -0.4 is 5.32 Å². The number of benzene rings is 1. The van der Waals surface area contributed by atoms with E-state index in [0.29, 0.717) is 5.56 Å². The molecule has 0 saturated carbocycles. The number of carboxylic acids is 1. The van der Waals surface area contributed by atoms with E-state index in [4.69, 9.17) is 5.11 Å². The Labute approximate surface area is 116 Å². The molecule has 0 aromatic heterocycles. The van der Waals surface area contributed by atoms with Crippen molar-refractivity contribution >= 4 is 11.9 Å². The van der Waals surface area contributed by atoms with Gasteiger partial charge in [-0.2, -0.15) is 0 Å². The Morgan fingerprint density at radius 2 is 2.00 bits per heavy atom. The van der Waals surface area contributed by atoms with Crippen molar-refractivity contribution in [3.63, 3.8) is 0 Å². The summed E-state index contributed by atoms with van der Waals surface area (Å²) in [6.45, 7) is 3.06. The Morgan fingerprint density at radius 1 is 1.35 bits per heavy atom. The average Bonchev–Trinajstić information content (AvgIpc) is 2.37. The smallest absolute Gasteiger partial charge is 0.308 e. The normalized spacial score (nSPS) is 15.2. The summed E-state index contributed by atoms with van der Waals surface area (Å²) in [6, 6.07) is 4.80. The second kappa shape index (κ2) is 7.00. The summed E-state index contributed by atoms with van der Waals surface area (Å²) in [4.78, 5) is 22.5. The second-order valence-electron chi connectivity index (χ2n) is 4.76. The van der Waals surface area contributed by atoms with E-state index in [1.165, 1.54) is 25.1 Å². The zero-order valence-electron chi connectivity index (χ0n) is 11.3. The lowest BCUT2D eigenvalue weighted by Gasteiger charge is -2.19. The van der Waals surface area contributed by atoms with Gasteiger partial charge in [0.15, 0.2) is 0 Å². The minimum atomic E-state index is -1.13. The molecule has 110 valence electrons. The van der Waals surface area contributed by atoms with Crippen LogP contribution in [-0.4, -0.2) is 28.1 Å². The van der Waals surface area contributed by atoms with Gasteiger partial charge in [-0.15, -0.1) is 0 Å². The lowest BCUT2D eigenvalue weighted by molar-refractivity contribution is -0.142. The summed E-state index contributed by atoms with van der Waals surface area (Å²) in [5.74, 6) is -2.72. The van der Waals surface area contributed by atoms with E-state index < -0.39 is 35.8 Å². The molecule has 3 unspecified atom stereocenters. The van der Waals surface area contributed by atoms with Crippen molar-refractivity contribution in [1.82, 2.24) is 5.32 Å². The van der Waals surface area contributed by atoms with E-state index in [2.05, 4.69) is 5.32 Å². The Hall–Kier alpha value is -1.95. The molecule has 0 bridgehead atoms. The highest BCUT2D eigenvalue weighted by Gasteiger charge is 2.22. The van der Waals surface area contributed by atoms with Gasteiger partial charge < -0.3 is 15.5 Å². The van der Waals surface area contributed by atoms with Crippen molar-refractivity contribution in [3.05, 3.63) is 35.6 Å². The molecule has 1 aromatic carbocycles. The number of hydrogen-bond donors (Lipinski definition) is 3. The Balaban J connectivity index is 2.56. The molecular weight excluding hydrogens is 265 g/mol. The molecular formula is C14H18FNO4. The molecule has 6 heteroatoms. The van der Waals surface area contributed by atoms with Gasteiger partial charge in [0.1, 0.15) is 5.82 Å². The van der Waals surface area contributed by atoms with Crippen LogP contribution in [0.15, 0.2) is 24.3 Å². The number of carbonyl (C=O) groups excluding carboxylic acids is 1. The molecule has 1 aromatic rings. The lowest BCUT2D eigenvalue weighted by Crippen LogP contribution is -2.40. The molecule has 3 atom stereocenters. The van der Waals surface area contributed by atoms with Gasteiger partial charge in [0, 0.05) is 6.04 Å². The van der Waals surface area contributed by atoms with Crippen LogP contribution in [0.25, 0.3) is 0 Å². The largest absolute Gasteiger partial charge is 0.481 e. The molecule has 0 fully saturated rings. The fraction of sp³-hybridized carbons (Fsp3) is 0.429. The van der Waals surface area contributed by atoms with Crippen LogP contribution in [0.4, 0.5) is 4.39 Å². The van der Waals surface area contributed by atoms with E-state index in [1.807, 2.05) is 0 Å². The van der Waals surface area contributed by atoms with Gasteiger partial charge in [0.25, 0.3) is 0 Å². The van der Waals surface area contributed by atoms with Gasteiger partial charge in [-0.3, -0.25) is 9.59 Å². The first-order chi connectivity index (χ1) is 9.31. The molecule has 1 rings (SSSR count). The van der Waals surface area contributed by atoms with E-state index in [0.717, 1.165) is 6.07 Å². The number of nitrogens with one attached hydrogen (secondary N) is 1. The van der Waals surface area contributed by atoms with Crippen LogP contribution in [-0.2, 0) is 9.59 Å². The molecule has 0 radical (unpaired) electrons. The van der Waals surface area contributed by atoms with Crippen LogP contribution in [0.2, 0.25) is 0 Å². The van der Waals surface area contributed by atoms with Crippen molar-refractivity contribution in [2.45, 2.75) is 32.4 Å². The quantitative estimate of drug-likeness (QED) is 0.738. The summed E-state index contributed by atoms with van der Waals surface area (Å²) >= 11 is 0. The predicted molar refractivity (Wildman–Crippen MR) is 70.4 cm³/mol. The molecule has 0 heterocycles. The molecule has 0 aliphatic rings. The second-order valence-corrected chi connectivity index (χ2v) is 4.76. The Bertz CT molecular complexity index is 492. The molecule has 20 heavy (non-hydrogen) atoms.